The maximum absolute atomic E-state index is 12.8. The number of halogens is 4. The van der Waals surface area contributed by atoms with E-state index in [1.165, 1.54) is 18.3 Å². The summed E-state index contributed by atoms with van der Waals surface area (Å²) >= 11 is 6.13. The van der Waals surface area contributed by atoms with E-state index in [1.807, 2.05) is 5.43 Å². The van der Waals surface area contributed by atoms with Crippen LogP contribution in [0.4, 0.5) is 18.0 Å². The van der Waals surface area contributed by atoms with E-state index in [2.05, 4.69) is 10.2 Å². The lowest BCUT2D eigenvalue weighted by Gasteiger charge is -2.09. The number of nitrogens with one attached hydrogen (secondary N) is 1. The summed E-state index contributed by atoms with van der Waals surface area (Å²) < 4.78 is 39.5. The van der Waals surface area contributed by atoms with E-state index in [0.717, 1.165) is 16.8 Å². The van der Waals surface area contributed by atoms with Crippen LogP contribution in [0.3, 0.4) is 0 Å². The Bertz CT molecular complexity index is 769. The number of carbonyl (C=O) groups is 1. The van der Waals surface area contributed by atoms with Crippen LogP contribution in [0, 0.1) is 6.92 Å². The molecule has 0 spiro atoms. The Morgan fingerprint density at radius 2 is 2.17 bits per heavy atom. The molecule has 0 fully saturated rings. The first-order valence-corrected chi connectivity index (χ1v) is 6.59. The zero-order valence-corrected chi connectivity index (χ0v) is 12.5. The highest BCUT2D eigenvalue weighted by molar-refractivity contribution is 6.32. The molecule has 0 bridgehead atoms. The molecule has 0 saturated carbocycles. The molecule has 2 amide bonds. The highest BCUT2D eigenvalue weighted by atomic mass is 35.5. The van der Waals surface area contributed by atoms with Crippen LogP contribution in [-0.4, -0.2) is 22.0 Å². The van der Waals surface area contributed by atoms with Crippen molar-refractivity contribution < 1.29 is 18.0 Å². The number of primary amides is 1. The number of rotatable bonds is 3. The van der Waals surface area contributed by atoms with Gasteiger partial charge in [0, 0.05) is 0 Å². The second-order valence-corrected chi connectivity index (χ2v) is 4.84. The van der Waals surface area contributed by atoms with Gasteiger partial charge in [-0.25, -0.2) is 14.9 Å². The molecule has 1 heterocycles. The number of amides is 2. The number of aryl methyl sites for hydroxylation is 1. The number of urea groups is 1. The number of alkyl halides is 3. The molecule has 122 valence electrons. The predicted molar refractivity (Wildman–Crippen MR) is 78.6 cm³/mol. The van der Waals surface area contributed by atoms with Gasteiger partial charge in [0.2, 0.25) is 0 Å². The van der Waals surface area contributed by atoms with E-state index in [4.69, 9.17) is 17.3 Å². The molecule has 2 rings (SSSR count). The molecular formula is C13H11ClF3N5O. The number of nitrogens with zero attached hydrogens (tertiary/aromatic N) is 3. The summed E-state index contributed by atoms with van der Waals surface area (Å²) in [7, 11) is 0. The molecule has 0 atom stereocenters. The Hall–Kier alpha value is -2.55. The lowest BCUT2D eigenvalue weighted by atomic mass is 10.2. The third kappa shape index (κ3) is 3.81. The van der Waals surface area contributed by atoms with Gasteiger partial charge in [0.25, 0.3) is 0 Å². The van der Waals surface area contributed by atoms with Crippen molar-refractivity contribution in [3.63, 3.8) is 0 Å². The normalized spacial score (nSPS) is 11.9. The van der Waals surface area contributed by atoms with Crippen LogP contribution in [-0.2, 0) is 6.18 Å². The zero-order chi connectivity index (χ0) is 17.2. The standard InChI is InChI=1S/C13H11ClF3N5O/c1-7-10(6-19-20-12(18)23)11(14)22(21-7)9-4-2-3-8(5-9)13(15,16)17/h2-6H,1H3,(H3,18,20,23). The number of nitrogens with two attached hydrogens (primary N) is 1. The third-order valence-electron chi connectivity index (χ3n) is 2.83. The zero-order valence-electron chi connectivity index (χ0n) is 11.7. The molecule has 0 aliphatic carbocycles. The van der Waals surface area contributed by atoms with E-state index < -0.39 is 17.8 Å². The fourth-order valence-electron chi connectivity index (χ4n) is 1.80. The van der Waals surface area contributed by atoms with Gasteiger partial charge in [-0.2, -0.15) is 23.4 Å². The first-order valence-electron chi connectivity index (χ1n) is 6.21. The Morgan fingerprint density at radius 3 is 2.78 bits per heavy atom. The molecule has 3 N–H and O–H groups in total. The minimum atomic E-state index is -4.47. The van der Waals surface area contributed by atoms with Crippen LogP contribution < -0.4 is 11.2 Å². The maximum atomic E-state index is 12.8. The Morgan fingerprint density at radius 1 is 1.48 bits per heavy atom. The SMILES string of the molecule is Cc1nn(-c2cccc(C(F)(F)F)c2)c(Cl)c1C=NNC(N)=O. The Kier molecular flexibility index (Phi) is 4.60. The van der Waals surface area contributed by atoms with Gasteiger partial charge in [-0.3, -0.25) is 0 Å². The van der Waals surface area contributed by atoms with Crippen molar-refractivity contribution in [2.45, 2.75) is 13.1 Å². The number of aromatic nitrogens is 2. The van der Waals surface area contributed by atoms with Crippen LogP contribution in [0.1, 0.15) is 16.8 Å². The van der Waals surface area contributed by atoms with Gasteiger partial charge in [0.05, 0.1) is 28.7 Å². The van der Waals surface area contributed by atoms with E-state index in [1.54, 1.807) is 6.92 Å². The first-order chi connectivity index (χ1) is 10.7. The van der Waals surface area contributed by atoms with Gasteiger partial charge in [-0.1, -0.05) is 17.7 Å². The van der Waals surface area contributed by atoms with Crippen LogP contribution in [0.25, 0.3) is 5.69 Å². The third-order valence-corrected chi connectivity index (χ3v) is 3.20. The highest BCUT2D eigenvalue weighted by Crippen LogP contribution is 2.31. The Labute approximate surface area is 133 Å². The van der Waals surface area contributed by atoms with Crippen molar-refractivity contribution in [2.24, 2.45) is 10.8 Å². The summed E-state index contributed by atoms with van der Waals surface area (Å²) in [6, 6.07) is 3.72. The van der Waals surface area contributed by atoms with Gasteiger partial charge in [-0.05, 0) is 25.1 Å². The summed E-state index contributed by atoms with van der Waals surface area (Å²) in [6.07, 6.45) is -3.26. The molecule has 23 heavy (non-hydrogen) atoms. The minimum absolute atomic E-state index is 0.0526. The van der Waals surface area contributed by atoms with E-state index in [9.17, 15) is 18.0 Å². The molecule has 0 saturated heterocycles. The van der Waals surface area contributed by atoms with Crippen molar-refractivity contribution in [3.8, 4) is 5.69 Å². The van der Waals surface area contributed by atoms with Gasteiger partial charge < -0.3 is 5.73 Å². The van der Waals surface area contributed by atoms with Gasteiger partial charge in [0.15, 0.2) is 0 Å². The lowest BCUT2D eigenvalue weighted by molar-refractivity contribution is -0.137. The van der Waals surface area contributed by atoms with E-state index in [-0.39, 0.29) is 10.8 Å². The summed E-state index contributed by atoms with van der Waals surface area (Å²) in [5.74, 6) is 0. The van der Waals surface area contributed by atoms with E-state index >= 15 is 0 Å². The first kappa shape index (κ1) is 16.8. The maximum Gasteiger partial charge on any atom is 0.416 e. The van der Waals surface area contributed by atoms with Gasteiger partial charge in [-0.15, -0.1) is 0 Å². The number of hydrazone groups is 1. The largest absolute Gasteiger partial charge is 0.416 e. The summed E-state index contributed by atoms with van der Waals surface area (Å²) in [5, 5.41) is 7.70. The van der Waals surface area contributed by atoms with Crippen molar-refractivity contribution in [2.75, 3.05) is 0 Å². The second kappa shape index (κ2) is 6.29. The molecule has 1 aromatic carbocycles. The summed E-state index contributed by atoms with van der Waals surface area (Å²) in [4.78, 5) is 10.6. The molecule has 0 radical (unpaired) electrons. The van der Waals surface area contributed by atoms with Gasteiger partial charge in [0.1, 0.15) is 5.15 Å². The van der Waals surface area contributed by atoms with Crippen molar-refractivity contribution >= 4 is 23.8 Å². The smallest absolute Gasteiger partial charge is 0.350 e. The predicted octanol–water partition coefficient (Wildman–Crippen LogP) is 2.86. The molecule has 10 heteroatoms. The average molecular weight is 346 g/mol. The highest BCUT2D eigenvalue weighted by Gasteiger charge is 2.30. The topological polar surface area (TPSA) is 85.3 Å². The molecule has 6 nitrogen and oxygen atoms in total. The molecule has 2 aromatic rings. The second-order valence-electron chi connectivity index (χ2n) is 4.48. The number of carbonyl (C=O) groups excluding carboxylic acids is 1. The number of benzene rings is 1. The number of hydrogen-bond donors (Lipinski definition) is 2. The van der Waals surface area contributed by atoms with Gasteiger partial charge >= 0.3 is 12.2 Å². The van der Waals surface area contributed by atoms with Crippen LogP contribution in [0.15, 0.2) is 29.4 Å². The molecule has 0 aliphatic rings. The number of hydrogen-bond acceptors (Lipinski definition) is 3. The molecule has 0 unspecified atom stereocenters. The fourth-order valence-corrected chi connectivity index (χ4v) is 2.12. The monoisotopic (exact) mass is 345 g/mol. The summed E-state index contributed by atoms with van der Waals surface area (Å²) in [6.45, 7) is 1.60. The molecule has 1 aromatic heterocycles. The van der Waals surface area contributed by atoms with Crippen LogP contribution >= 0.6 is 11.6 Å². The van der Waals surface area contributed by atoms with Crippen molar-refractivity contribution in [1.29, 1.82) is 0 Å². The molecular weight excluding hydrogens is 335 g/mol. The quantitative estimate of drug-likeness (QED) is 0.662. The fraction of sp³-hybridized carbons (Fsp3) is 0.154. The van der Waals surface area contributed by atoms with Crippen LogP contribution in [0.5, 0.6) is 0 Å². The average Bonchev–Trinajstić information content (AvgIpc) is 2.74. The molecule has 0 aliphatic heterocycles. The van der Waals surface area contributed by atoms with E-state index in [0.29, 0.717) is 11.3 Å². The minimum Gasteiger partial charge on any atom is -0.350 e. The van der Waals surface area contributed by atoms with Crippen molar-refractivity contribution in [1.82, 2.24) is 15.2 Å². The Balaban J connectivity index is 2.42. The lowest BCUT2D eigenvalue weighted by Crippen LogP contribution is -2.24. The summed E-state index contributed by atoms with van der Waals surface area (Å²) in [5.41, 5.74) is 6.95. The van der Waals surface area contributed by atoms with Crippen LogP contribution in [0.2, 0.25) is 5.15 Å². The van der Waals surface area contributed by atoms with Crippen molar-refractivity contribution in [3.05, 3.63) is 46.2 Å².